The number of anilines is 1. The van der Waals surface area contributed by atoms with Crippen LogP contribution < -0.4 is 10.6 Å². The van der Waals surface area contributed by atoms with Crippen LogP contribution in [-0.4, -0.2) is 10.9 Å². The highest BCUT2D eigenvalue weighted by molar-refractivity contribution is 6.31. The average Bonchev–Trinajstić information content (AvgIpc) is 2.67. The highest BCUT2D eigenvalue weighted by atomic mass is 35.5. The summed E-state index contributed by atoms with van der Waals surface area (Å²) in [6.45, 7) is 0.962. The highest BCUT2D eigenvalue weighted by Gasteiger charge is 2.08. The lowest BCUT2D eigenvalue weighted by molar-refractivity contribution is 0.0951. The first-order chi connectivity index (χ1) is 12.6. The Morgan fingerprint density at radius 3 is 2.50 bits per heavy atom. The molecule has 0 saturated heterocycles. The number of aromatic nitrogens is 1. The minimum absolute atomic E-state index is 0.179. The molecule has 0 spiro atoms. The summed E-state index contributed by atoms with van der Waals surface area (Å²) in [4.78, 5) is 16.6. The lowest BCUT2D eigenvalue weighted by atomic mass is 10.2. The quantitative estimate of drug-likeness (QED) is 0.632. The van der Waals surface area contributed by atoms with Gasteiger partial charge in [-0.15, -0.1) is 0 Å². The number of nitrogens with one attached hydrogen (secondary N) is 2. The minimum atomic E-state index is -0.179. The Balaban J connectivity index is 1.60. The van der Waals surface area contributed by atoms with E-state index >= 15 is 0 Å². The predicted molar refractivity (Wildman–Crippen MR) is 106 cm³/mol. The fraction of sp³-hybridized carbons (Fsp3) is 0.100. The van der Waals surface area contributed by atoms with E-state index < -0.39 is 0 Å². The van der Waals surface area contributed by atoms with Gasteiger partial charge in [0.1, 0.15) is 5.82 Å². The number of carbonyl (C=O) groups excluding carboxylic acids is 1. The van der Waals surface area contributed by atoms with Gasteiger partial charge in [-0.3, -0.25) is 4.79 Å². The molecule has 26 heavy (non-hydrogen) atoms. The molecule has 3 aromatic rings. The van der Waals surface area contributed by atoms with Crippen LogP contribution in [0.1, 0.15) is 21.5 Å². The van der Waals surface area contributed by atoms with Crippen molar-refractivity contribution in [3.8, 4) is 0 Å². The molecule has 0 saturated carbocycles. The van der Waals surface area contributed by atoms with E-state index in [0.29, 0.717) is 34.5 Å². The van der Waals surface area contributed by atoms with Crippen LogP contribution in [0.25, 0.3) is 0 Å². The van der Waals surface area contributed by atoms with Crippen molar-refractivity contribution in [2.75, 3.05) is 5.32 Å². The van der Waals surface area contributed by atoms with E-state index in [1.165, 1.54) is 0 Å². The predicted octanol–water partition coefficient (Wildman–Crippen LogP) is 4.93. The Bertz CT molecular complexity index is 898. The zero-order chi connectivity index (χ0) is 18.4. The Hall–Kier alpha value is -2.56. The lowest BCUT2D eigenvalue weighted by Gasteiger charge is -2.09. The Kier molecular flexibility index (Phi) is 6.10. The Labute approximate surface area is 162 Å². The van der Waals surface area contributed by atoms with Crippen LogP contribution in [0.4, 0.5) is 5.82 Å². The SMILES string of the molecule is O=C(NCc1ccccc1Cl)c1ccnc(NCc2ccc(Cl)cc2)c1. The van der Waals surface area contributed by atoms with E-state index in [2.05, 4.69) is 15.6 Å². The van der Waals surface area contributed by atoms with Crippen molar-refractivity contribution >= 4 is 34.9 Å². The molecule has 0 aliphatic rings. The molecular formula is C20H17Cl2N3O. The fourth-order valence-corrected chi connectivity index (χ4v) is 2.71. The molecule has 1 amide bonds. The molecule has 0 aliphatic carbocycles. The highest BCUT2D eigenvalue weighted by Crippen LogP contribution is 2.15. The Morgan fingerprint density at radius 1 is 0.962 bits per heavy atom. The largest absolute Gasteiger partial charge is 0.366 e. The molecule has 0 bridgehead atoms. The summed E-state index contributed by atoms with van der Waals surface area (Å²) in [5, 5.41) is 7.40. The van der Waals surface area contributed by atoms with Crippen molar-refractivity contribution in [2.45, 2.75) is 13.1 Å². The van der Waals surface area contributed by atoms with E-state index in [4.69, 9.17) is 23.2 Å². The molecule has 0 atom stereocenters. The topological polar surface area (TPSA) is 54.0 Å². The third-order valence-corrected chi connectivity index (χ3v) is 4.43. The number of carbonyl (C=O) groups is 1. The molecule has 6 heteroatoms. The third-order valence-electron chi connectivity index (χ3n) is 3.81. The summed E-state index contributed by atoms with van der Waals surface area (Å²) in [6.07, 6.45) is 1.61. The number of hydrogen-bond donors (Lipinski definition) is 2. The molecule has 0 radical (unpaired) electrons. The molecule has 0 aliphatic heterocycles. The first kappa shape index (κ1) is 18.2. The zero-order valence-electron chi connectivity index (χ0n) is 13.9. The number of rotatable bonds is 6. The molecule has 2 N–H and O–H groups in total. The van der Waals surface area contributed by atoms with Crippen molar-refractivity contribution in [1.29, 1.82) is 0 Å². The van der Waals surface area contributed by atoms with Crippen molar-refractivity contribution in [1.82, 2.24) is 10.3 Å². The van der Waals surface area contributed by atoms with E-state index in [9.17, 15) is 4.79 Å². The van der Waals surface area contributed by atoms with Crippen LogP contribution in [0.5, 0.6) is 0 Å². The maximum absolute atomic E-state index is 12.4. The van der Waals surface area contributed by atoms with Crippen LogP contribution >= 0.6 is 23.2 Å². The van der Waals surface area contributed by atoms with E-state index in [-0.39, 0.29) is 5.91 Å². The molecule has 3 rings (SSSR count). The number of halogens is 2. The van der Waals surface area contributed by atoms with E-state index in [1.54, 1.807) is 24.4 Å². The van der Waals surface area contributed by atoms with Crippen LogP contribution in [0.3, 0.4) is 0 Å². The van der Waals surface area contributed by atoms with E-state index in [1.807, 2.05) is 42.5 Å². The van der Waals surface area contributed by atoms with Crippen LogP contribution in [0.15, 0.2) is 66.9 Å². The van der Waals surface area contributed by atoms with Gasteiger partial charge in [-0.05, 0) is 41.5 Å². The summed E-state index contributed by atoms with van der Waals surface area (Å²) < 4.78 is 0. The normalized spacial score (nSPS) is 10.4. The number of benzene rings is 2. The van der Waals surface area contributed by atoms with Gasteiger partial charge in [0.15, 0.2) is 0 Å². The van der Waals surface area contributed by atoms with Gasteiger partial charge in [0.25, 0.3) is 5.91 Å². The second-order valence-electron chi connectivity index (χ2n) is 5.68. The van der Waals surface area contributed by atoms with Gasteiger partial charge < -0.3 is 10.6 Å². The number of hydrogen-bond acceptors (Lipinski definition) is 3. The van der Waals surface area contributed by atoms with Gasteiger partial charge in [-0.25, -0.2) is 4.98 Å². The smallest absolute Gasteiger partial charge is 0.251 e. The Morgan fingerprint density at radius 2 is 1.73 bits per heavy atom. The van der Waals surface area contributed by atoms with Crippen molar-refractivity contribution in [3.05, 3.63) is 93.6 Å². The first-order valence-electron chi connectivity index (χ1n) is 8.08. The zero-order valence-corrected chi connectivity index (χ0v) is 15.4. The molecule has 0 unspecified atom stereocenters. The molecule has 132 valence electrons. The number of pyridine rings is 1. The van der Waals surface area contributed by atoms with Crippen LogP contribution in [-0.2, 0) is 13.1 Å². The van der Waals surface area contributed by atoms with Crippen molar-refractivity contribution < 1.29 is 4.79 Å². The maximum atomic E-state index is 12.4. The van der Waals surface area contributed by atoms with Gasteiger partial charge in [0.2, 0.25) is 0 Å². The molecule has 1 heterocycles. The monoisotopic (exact) mass is 385 g/mol. The average molecular weight is 386 g/mol. The maximum Gasteiger partial charge on any atom is 0.251 e. The van der Waals surface area contributed by atoms with Gasteiger partial charge in [-0.1, -0.05) is 53.5 Å². The van der Waals surface area contributed by atoms with Crippen molar-refractivity contribution in [2.24, 2.45) is 0 Å². The van der Waals surface area contributed by atoms with E-state index in [0.717, 1.165) is 11.1 Å². The first-order valence-corrected chi connectivity index (χ1v) is 8.83. The minimum Gasteiger partial charge on any atom is -0.366 e. The molecule has 0 fully saturated rings. The number of amides is 1. The second-order valence-corrected chi connectivity index (χ2v) is 6.53. The van der Waals surface area contributed by atoms with Gasteiger partial charge in [0.05, 0.1) is 0 Å². The molecule has 4 nitrogen and oxygen atoms in total. The summed E-state index contributed by atoms with van der Waals surface area (Å²) >= 11 is 12.0. The number of nitrogens with zero attached hydrogens (tertiary/aromatic N) is 1. The second kappa shape index (κ2) is 8.70. The summed E-state index contributed by atoms with van der Waals surface area (Å²) in [6, 6.07) is 18.4. The molecule has 1 aromatic heterocycles. The fourth-order valence-electron chi connectivity index (χ4n) is 2.38. The third kappa shape index (κ3) is 4.97. The summed E-state index contributed by atoms with van der Waals surface area (Å²) in [5.74, 6) is 0.451. The summed E-state index contributed by atoms with van der Waals surface area (Å²) in [5.41, 5.74) is 2.48. The van der Waals surface area contributed by atoms with Gasteiger partial charge in [-0.2, -0.15) is 0 Å². The van der Waals surface area contributed by atoms with Crippen LogP contribution in [0.2, 0.25) is 10.0 Å². The molecular weight excluding hydrogens is 369 g/mol. The van der Waals surface area contributed by atoms with Crippen LogP contribution in [0, 0.1) is 0 Å². The van der Waals surface area contributed by atoms with Gasteiger partial charge >= 0.3 is 0 Å². The van der Waals surface area contributed by atoms with Crippen molar-refractivity contribution in [3.63, 3.8) is 0 Å². The standard InChI is InChI=1S/C20H17Cl2N3O/c21-17-7-5-14(6-8-17)12-24-19-11-15(9-10-23-19)20(26)25-13-16-3-1-2-4-18(16)22/h1-11H,12-13H2,(H,23,24)(H,25,26). The summed E-state index contributed by atoms with van der Waals surface area (Å²) in [7, 11) is 0. The van der Waals surface area contributed by atoms with Gasteiger partial charge in [0, 0.05) is 34.9 Å². The molecule has 2 aromatic carbocycles. The lowest BCUT2D eigenvalue weighted by Crippen LogP contribution is -2.23.